The average molecular weight is 854 g/mol. The van der Waals surface area contributed by atoms with E-state index in [1.807, 2.05) is 12.4 Å². The molecule has 0 aliphatic carbocycles. The second-order valence-electron chi connectivity index (χ2n) is 19.5. The quantitative estimate of drug-likeness (QED) is 0.0468. The highest BCUT2D eigenvalue weighted by molar-refractivity contribution is 6.17. The monoisotopic (exact) mass is 853 g/mol. The smallest absolute Gasteiger partial charge is 0.0630 e. The molecule has 0 bridgehead atoms. The number of aryl methyl sites for hydroxylation is 2. The summed E-state index contributed by atoms with van der Waals surface area (Å²) in [6, 6.07) is 17.6. The fourth-order valence-electron chi connectivity index (χ4n) is 9.26. The maximum Gasteiger partial charge on any atom is 0.0630 e. The lowest BCUT2D eigenvalue weighted by atomic mass is 10.0. The number of benzene rings is 2. The molecule has 2 heteroatoms. The van der Waals surface area contributed by atoms with E-state index in [4.69, 9.17) is 0 Å². The number of aliphatic imine (C=N–C) groups is 2. The van der Waals surface area contributed by atoms with E-state index in [1.54, 1.807) is 0 Å². The molecule has 62 heavy (non-hydrogen) atoms. The highest BCUT2D eigenvalue weighted by Crippen LogP contribution is 2.20. The van der Waals surface area contributed by atoms with Crippen LogP contribution >= 0.6 is 0 Å². The second kappa shape index (κ2) is 45.4. The zero-order valence-corrected chi connectivity index (χ0v) is 41.8. The summed E-state index contributed by atoms with van der Waals surface area (Å²) in [5.74, 6) is 0. The molecule has 2 rings (SSSR count). The van der Waals surface area contributed by atoms with Crippen molar-refractivity contribution in [3.63, 3.8) is 0 Å². The third-order valence-electron chi connectivity index (χ3n) is 13.5. The first-order valence-electron chi connectivity index (χ1n) is 28.1. The molecule has 2 nitrogen and oxygen atoms in total. The van der Waals surface area contributed by atoms with Crippen LogP contribution in [0.4, 0.5) is 11.4 Å². The minimum absolute atomic E-state index is 0.999. The zero-order valence-electron chi connectivity index (χ0n) is 41.8. The van der Waals surface area contributed by atoms with Gasteiger partial charge in [-0.05, 0) is 61.1 Å². The molecule has 0 saturated heterocycles. The topological polar surface area (TPSA) is 24.7 Å². The van der Waals surface area contributed by atoms with Crippen LogP contribution in [0.15, 0.2) is 58.5 Å². The van der Waals surface area contributed by atoms with E-state index in [-0.39, 0.29) is 0 Å². The van der Waals surface area contributed by atoms with E-state index >= 15 is 0 Å². The van der Waals surface area contributed by atoms with Crippen LogP contribution < -0.4 is 0 Å². The Morgan fingerprint density at radius 1 is 0.242 bits per heavy atom. The summed E-state index contributed by atoms with van der Waals surface area (Å²) in [4.78, 5) is 9.22. The summed E-state index contributed by atoms with van der Waals surface area (Å²) in [6.45, 7) is 4.61. The molecule has 354 valence electrons. The van der Waals surface area contributed by atoms with Crippen LogP contribution in [-0.4, -0.2) is 12.4 Å². The van der Waals surface area contributed by atoms with Gasteiger partial charge in [-0.3, -0.25) is 9.98 Å². The second-order valence-corrected chi connectivity index (χ2v) is 19.5. The fourth-order valence-corrected chi connectivity index (χ4v) is 9.26. The largest absolute Gasteiger partial charge is 0.255 e. The van der Waals surface area contributed by atoms with Crippen LogP contribution in [0.3, 0.4) is 0 Å². The molecule has 0 heterocycles. The Bertz CT molecular complexity index is 1130. The van der Waals surface area contributed by atoms with Gasteiger partial charge in [-0.25, -0.2) is 0 Å². The minimum Gasteiger partial charge on any atom is -0.255 e. The molecule has 0 fully saturated rings. The molecule has 2 aromatic carbocycles. The lowest BCUT2D eigenvalue weighted by molar-refractivity contribution is 0.520. The SMILES string of the molecule is CCCCCCCCCCCCCCCCCCCCCCCc1ccc(N=CC=Nc2ccc(CCCCCCCCCCCCCCCCCCCCCCC)cc2)cc1. The third kappa shape index (κ3) is 37.2. The minimum atomic E-state index is 0.999. The van der Waals surface area contributed by atoms with Crippen molar-refractivity contribution >= 4 is 23.8 Å². The molecule has 2 aromatic rings. The summed E-state index contributed by atoms with van der Waals surface area (Å²) < 4.78 is 0. The number of rotatable bonds is 47. The van der Waals surface area contributed by atoms with Crippen molar-refractivity contribution in [2.24, 2.45) is 9.98 Å². The molecule has 0 aliphatic rings. The van der Waals surface area contributed by atoms with E-state index in [9.17, 15) is 0 Å². The van der Waals surface area contributed by atoms with E-state index in [1.165, 1.54) is 294 Å². The van der Waals surface area contributed by atoms with E-state index < -0.39 is 0 Å². The lowest BCUT2D eigenvalue weighted by Gasteiger charge is -2.05. The van der Waals surface area contributed by atoms with Crippen molar-refractivity contribution in [3.05, 3.63) is 59.7 Å². The van der Waals surface area contributed by atoms with Gasteiger partial charge in [0.25, 0.3) is 0 Å². The fraction of sp³-hybridized carbons (Fsp3) is 0.767. The van der Waals surface area contributed by atoms with Gasteiger partial charge in [0.05, 0.1) is 11.4 Å². The van der Waals surface area contributed by atoms with E-state index in [0.717, 1.165) is 11.4 Å². The molecular formula is C60H104N2. The van der Waals surface area contributed by atoms with Crippen molar-refractivity contribution < 1.29 is 0 Å². The molecule has 0 radical (unpaired) electrons. The van der Waals surface area contributed by atoms with Gasteiger partial charge in [0.1, 0.15) is 0 Å². The first-order valence-corrected chi connectivity index (χ1v) is 28.1. The van der Waals surface area contributed by atoms with Crippen LogP contribution in [-0.2, 0) is 12.8 Å². The Balaban J connectivity index is 1.34. The molecule has 0 N–H and O–H groups in total. The summed E-state index contributed by atoms with van der Waals surface area (Å²) in [6.07, 6.45) is 66.4. The molecule has 0 atom stereocenters. The van der Waals surface area contributed by atoms with Crippen LogP contribution in [0.5, 0.6) is 0 Å². The van der Waals surface area contributed by atoms with Crippen LogP contribution in [0.2, 0.25) is 0 Å². The predicted molar refractivity (Wildman–Crippen MR) is 282 cm³/mol. The Morgan fingerprint density at radius 3 is 0.613 bits per heavy atom. The van der Waals surface area contributed by atoms with E-state index in [0.29, 0.717) is 0 Å². The van der Waals surface area contributed by atoms with Crippen molar-refractivity contribution in [2.75, 3.05) is 0 Å². The Kier molecular flexibility index (Phi) is 40.9. The summed E-state index contributed by atoms with van der Waals surface area (Å²) in [5, 5.41) is 0. The van der Waals surface area contributed by atoms with Gasteiger partial charge in [0, 0.05) is 12.4 Å². The van der Waals surface area contributed by atoms with Crippen LogP contribution in [0.25, 0.3) is 0 Å². The first kappa shape index (κ1) is 55.9. The third-order valence-corrected chi connectivity index (χ3v) is 13.5. The van der Waals surface area contributed by atoms with Crippen molar-refractivity contribution in [1.82, 2.24) is 0 Å². The Hall–Kier alpha value is -2.22. The standard InChI is InChI=1S/C60H104N2/c1-3-5-7-9-11-13-15-17-19-21-23-25-27-29-31-33-35-37-39-41-43-45-57-47-51-59(52-48-57)61-55-56-62-60-53-49-58(50-54-60)46-44-42-40-38-36-34-32-30-28-26-24-22-20-18-16-14-12-10-8-6-4-2/h47-56H,3-46H2,1-2H3. The highest BCUT2D eigenvalue weighted by Gasteiger charge is 2.00. The zero-order chi connectivity index (χ0) is 43.9. The summed E-state index contributed by atoms with van der Waals surface area (Å²) >= 11 is 0. The van der Waals surface area contributed by atoms with Crippen LogP contribution in [0, 0.1) is 0 Å². The maximum absolute atomic E-state index is 4.61. The molecule has 0 amide bonds. The number of unbranched alkanes of at least 4 members (excludes halogenated alkanes) is 40. The van der Waals surface area contributed by atoms with Gasteiger partial charge in [-0.1, -0.05) is 295 Å². The molecule has 0 aromatic heterocycles. The maximum atomic E-state index is 4.61. The lowest BCUT2D eigenvalue weighted by Crippen LogP contribution is -1.87. The molecule has 0 unspecified atom stereocenters. The van der Waals surface area contributed by atoms with Crippen molar-refractivity contribution in [2.45, 2.75) is 296 Å². The normalized spacial score (nSPS) is 11.8. The van der Waals surface area contributed by atoms with Gasteiger partial charge in [-0.15, -0.1) is 0 Å². The number of hydrogen-bond donors (Lipinski definition) is 0. The highest BCUT2D eigenvalue weighted by atomic mass is 14.8. The van der Waals surface area contributed by atoms with Gasteiger partial charge in [-0.2, -0.15) is 0 Å². The predicted octanol–water partition coefficient (Wildman–Crippen LogP) is 21.3. The van der Waals surface area contributed by atoms with Crippen LogP contribution in [0.1, 0.15) is 295 Å². The van der Waals surface area contributed by atoms with Gasteiger partial charge in [0.2, 0.25) is 0 Å². The summed E-state index contributed by atoms with van der Waals surface area (Å²) in [5.41, 5.74) is 4.86. The number of nitrogens with zero attached hydrogens (tertiary/aromatic N) is 2. The Morgan fingerprint density at radius 2 is 0.419 bits per heavy atom. The Labute approximate surface area is 388 Å². The molecule has 0 aliphatic heterocycles. The summed E-state index contributed by atoms with van der Waals surface area (Å²) in [7, 11) is 0. The average Bonchev–Trinajstić information content (AvgIpc) is 3.29. The molecular weight excluding hydrogens is 749 g/mol. The molecule has 0 spiro atoms. The van der Waals surface area contributed by atoms with Crippen molar-refractivity contribution in [1.29, 1.82) is 0 Å². The number of hydrogen-bond acceptors (Lipinski definition) is 2. The molecule has 0 saturated carbocycles. The van der Waals surface area contributed by atoms with Gasteiger partial charge >= 0.3 is 0 Å². The van der Waals surface area contributed by atoms with Gasteiger partial charge in [0.15, 0.2) is 0 Å². The van der Waals surface area contributed by atoms with E-state index in [2.05, 4.69) is 72.4 Å². The van der Waals surface area contributed by atoms with Crippen molar-refractivity contribution in [3.8, 4) is 0 Å². The van der Waals surface area contributed by atoms with Gasteiger partial charge < -0.3 is 0 Å². The first-order chi connectivity index (χ1) is 30.8.